The summed E-state index contributed by atoms with van der Waals surface area (Å²) in [6.07, 6.45) is 4.96. The molecule has 1 aliphatic rings. The van der Waals surface area contributed by atoms with Gasteiger partial charge in [0, 0.05) is 6.54 Å². The molecule has 1 rings (SSSR count). The number of hydrogen-bond donors (Lipinski definition) is 4. The average Bonchev–Trinajstić information content (AvgIpc) is 2.95. The number of esters is 3. The molecule has 0 aromatic rings. The van der Waals surface area contributed by atoms with Crippen LogP contribution in [0, 0.1) is 17.8 Å². The Bertz CT molecular complexity index is 1010. The van der Waals surface area contributed by atoms with Crippen LogP contribution in [0.3, 0.4) is 0 Å². The number of rotatable bonds is 20. The van der Waals surface area contributed by atoms with E-state index in [0.29, 0.717) is 12.5 Å². The predicted molar refractivity (Wildman–Crippen MR) is 163 cm³/mol. The van der Waals surface area contributed by atoms with E-state index in [4.69, 9.17) is 14.2 Å². The number of hydrogen-bond acceptors (Lipinski definition) is 11. The molecule has 14 heteroatoms. The number of amides is 3. The van der Waals surface area contributed by atoms with Crippen LogP contribution in [0.25, 0.3) is 0 Å². The van der Waals surface area contributed by atoms with Crippen LogP contribution >= 0.6 is 0 Å². The molecule has 1 fully saturated rings. The first-order valence-corrected chi connectivity index (χ1v) is 15.7. The number of likely N-dealkylation sites (N-methyl/N-ethyl adjacent to an activating group) is 1. The third-order valence-corrected chi connectivity index (χ3v) is 7.11. The van der Waals surface area contributed by atoms with Gasteiger partial charge < -0.3 is 35.5 Å². The summed E-state index contributed by atoms with van der Waals surface area (Å²) in [5.41, 5.74) is 0. The van der Waals surface area contributed by atoms with Crippen molar-refractivity contribution in [3.8, 4) is 0 Å². The Labute approximate surface area is 265 Å². The molecular weight excluding hydrogens is 588 g/mol. The Balaban J connectivity index is 2.58. The van der Waals surface area contributed by atoms with E-state index in [1.54, 1.807) is 7.05 Å². The van der Waals surface area contributed by atoms with Crippen LogP contribution < -0.4 is 21.3 Å². The number of nitrogens with one attached hydrogen (secondary N) is 4. The van der Waals surface area contributed by atoms with Gasteiger partial charge in [-0.2, -0.15) is 0 Å². The maximum absolute atomic E-state index is 12.7. The number of Topliss-reactive ketones (excluding diaryl/α,β-unsaturated/α-hetero) is 1. The van der Waals surface area contributed by atoms with Crippen molar-refractivity contribution in [1.82, 2.24) is 21.3 Å². The minimum atomic E-state index is -1.12. The van der Waals surface area contributed by atoms with Gasteiger partial charge in [0.05, 0.1) is 13.0 Å². The molecule has 3 unspecified atom stereocenters. The van der Waals surface area contributed by atoms with Gasteiger partial charge in [-0.1, -0.05) is 47.0 Å². The van der Waals surface area contributed by atoms with Crippen LogP contribution in [-0.4, -0.2) is 86.5 Å². The van der Waals surface area contributed by atoms with Crippen LogP contribution in [0.4, 0.5) is 0 Å². The molecule has 1 aliphatic carbocycles. The van der Waals surface area contributed by atoms with Crippen molar-refractivity contribution in [2.45, 2.75) is 111 Å². The lowest BCUT2D eigenvalue weighted by molar-refractivity contribution is -0.171. The van der Waals surface area contributed by atoms with Gasteiger partial charge in [0.1, 0.15) is 30.3 Å². The van der Waals surface area contributed by atoms with E-state index in [1.807, 2.05) is 27.7 Å². The van der Waals surface area contributed by atoms with Crippen molar-refractivity contribution in [3.05, 3.63) is 0 Å². The molecule has 0 saturated heterocycles. The fourth-order valence-corrected chi connectivity index (χ4v) is 4.82. The second kappa shape index (κ2) is 21.2. The Hall–Kier alpha value is -3.55. The summed E-state index contributed by atoms with van der Waals surface area (Å²) in [7, 11) is 1.57. The molecule has 4 N–H and O–H groups in total. The normalized spacial score (nSPS) is 15.4. The lowest BCUT2D eigenvalue weighted by atomic mass is 9.90. The maximum Gasteiger partial charge on any atom is 0.331 e. The van der Waals surface area contributed by atoms with Crippen LogP contribution in [0.1, 0.15) is 92.4 Å². The fourth-order valence-electron chi connectivity index (χ4n) is 4.82. The van der Waals surface area contributed by atoms with Crippen LogP contribution in [0.15, 0.2) is 0 Å². The number of ketones is 1. The van der Waals surface area contributed by atoms with Gasteiger partial charge in [-0.3, -0.25) is 24.0 Å². The third kappa shape index (κ3) is 17.5. The predicted octanol–water partition coefficient (Wildman–Crippen LogP) is 1.29. The van der Waals surface area contributed by atoms with E-state index in [2.05, 4.69) is 21.3 Å². The van der Waals surface area contributed by atoms with Crippen LogP contribution in [0.2, 0.25) is 0 Å². The van der Waals surface area contributed by atoms with Crippen LogP contribution in [-0.2, 0) is 47.8 Å². The van der Waals surface area contributed by atoms with Crippen molar-refractivity contribution >= 4 is 41.4 Å². The van der Waals surface area contributed by atoms with E-state index >= 15 is 0 Å². The molecule has 0 radical (unpaired) electrons. The lowest BCUT2D eigenvalue weighted by Crippen LogP contribution is -2.48. The van der Waals surface area contributed by atoms with Crippen LogP contribution in [0.5, 0.6) is 0 Å². The first kappa shape index (κ1) is 39.5. The first-order valence-electron chi connectivity index (χ1n) is 15.7. The topological polar surface area (TPSA) is 195 Å². The van der Waals surface area contributed by atoms with Crippen molar-refractivity contribution in [3.63, 3.8) is 0 Å². The fraction of sp³-hybridized carbons (Fsp3) is 0.774. The molecule has 0 bridgehead atoms. The number of carbonyl (C=O) groups is 7. The molecule has 0 spiro atoms. The van der Waals surface area contributed by atoms with E-state index < -0.39 is 67.0 Å². The summed E-state index contributed by atoms with van der Waals surface area (Å²) in [5, 5.41) is 10.3. The summed E-state index contributed by atoms with van der Waals surface area (Å²) in [5.74, 6) is -4.25. The van der Waals surface area contributed by atoms with E-state index in [1.165, 1.54) is 13.3 Å². The SMILES string of the molecule is CNC(CNC(=O)CC(=O)NC(CC(C)C)C(=O)OCOC(=O)C(CC(C)C)NC(=O)CC(C)=O)C(=O)OCC1CCCCC1. The molecular formula is C31H52N4O10. The monoisotopic (exact) mass is 640 g/mol. The standard InChI is InChI=1S/C31H52N4O10/c1-19(2)12-23(34-27(38)14-21(5)36)29(40)44-18-45-30(41)24(13-20(3)4)35-28(39)15-26(37)33-16-25(32-6)31(42)43-17-22-10-8-7-9-11-22/h19-20,22-25,32H,7-18H2,1-6H3,(H,33,37)(H,34,38)(H,35,39). The molecule has 45 heavy (non-hydrogen) atoms. The Kier molecular flexibility index (Phi) is 18.6. The van der Waals surface area contributed by atoms with Crippen molar-refractivity contribution in [2.24, 2.45) is 17.8 Å². The Morgan fingerprint density at radius 3 is 1.62 bits per heavy atom. The molecule has 0 aromatic carbocycles. The molecule has 0 aliphatic heterocycles. The Morgan fingerprint density at radius 1 is 0.667 bits per heavy atom. The molecule has 256 valence electrons. The van der Waals surface area contributed by atoms with Gasteiger partial charge in [-0.15, -0.1) is 0 Å². The average molecular weight is 641 g/mol. The highest BCUT2D eigenvalue weighted by atomic mass is 16.7. The molecule has 0 aromatic heterocycles. The van der Waals surface area contributed by atoms with Gasteiger partial charge >= 0.3 is 17.9 Å². The summed E-state index contributed by atoms with van der Waals surface area (Å²) < 4.78 is 15.5. The minimum absolute atomic E-state index is 0.00902. The zero-order valence-electron chi connectivity index (χ0n) is 27.5. The van der Waals surface area contributed by atoms with Crippen molar-refractivity contribution < 1.29 is 47.8 Å². The summed E-state index contributed by atoms with van der Waals surface area (Å²) >= 11 is 0. The van der Waals surface area contributed by atoms with E-state index in [9.17, 15) is 33.6 Å². The van der Waals surface area contributed by atoms with Gasteiger partial charge in [-0.25, -0.2) is 9.59 Å². The Morgan fingerprint density at radius 2 is 1.16 bits per heavy atom. The van der Waals surface area contributed by atoms with Gasteiger partial charge in [0.2, 0.25) is 24.5 Å². The van der Waals surface area contributed by atoms with Crippen molar-refractivity contribution in [1.29, 1.82) is 0 Å². The second-order valence-electron chi connectivity index (χ2n) is 12.4. The first-order chi connectivity index (χ1) is 21.2. The van der Waals surface area contributed by atoms with Gasteiger partial charge in [0.25, 0.3) is 0 Å². The second-order valence-corrected chi connectivity index (χ2v) is 12.4. The van der Waals surface area contributed by atoms with Gasteiger partial charge in [0.15, 0.2) is 0 Å². The number of ether oxygens (including phenoxy) is 3. The molecule has 0 heterocycles. The summed E-state index contributed by atoms with van der Waals surface area (Å²) in [6, 6.07) is -2.94. The molecule has 3 amide bonds. The van der Waals surface area contributed by atoms with E-state index in [-0.39, 0.29) is 43.4 Å². The highest BCUT2D eigenvalue weighted by Gasteiger charge is 2.28. The van der Waals surface area contributed by atoms with Crippen molar-refractivity contribution in [2.75, 3.05) is 27.0 Å². The zero-order valence-corrected chi connectivity index (χ0v) is 27.5. The number of carbonyl (C=O) groups excluding carboxylic acids is 7. The van der Waals surface area contributed by atoms with Gasteiger partial charge in [-0.05, 0) is 57.4 Å². The quantitative estimate of drug-likeness (QED) is 0.0851. The molecule has 1 saturated carbocycles. The third-order valence-electron chi connectivity index (χ3n) is 7.11. The highest BCUT2D eigenvalue weighted by Crippen LogP contribution is 2.23. The van der Waals surface area contributed by atoms with E-state index in [0.717, 1.165) is 25.7 Å². The summed E-state index contributed by atoms with van der Waals surface area (Å²) in [4.78, 5) is 85.9. The molecule has 3 atom stereocenters. The maximum atomic E-state index is 12.7. The largest absolute Gasteiger partial charge is 0.464 e. The highest BCUT2D eigenvalue weighted by molar-refractivity contribution is 5.99. The molecule has 14 nitrogen and oxygen atoms in total. The summed E-state index contributed by atoms with van der Waals surface area (Å²) in [6.45, 7) is 8.07. The zero-order chi connectivity index (χ0) is 33.9. The minimum Gasteiger partial charge on any atom is -0.464 e. The lowest BCUT2D eigenvalue weighted by Gasteiger charge is -2.23. The smallest absolute Gasteiger partial charge is 0.331 e.